The summed E-state index contributed by atoms with van der Waals surface area (Å²) in [6, 6.07) is 5.58. The number of amides is 3. The first-order chi connectivity index (χ1) is 13.0. The molecule has 3 amide bonds. The lowest BCUT2D eigenvalue weighted by Crippen LogP contribution is -2.49. The molecule has 2 aliphatic rings. The minimum absolute atomic E-state index is 0.0667. The number of para-hydroxylation sites is 1. The number of hydrogen-bond donors (Lipinski definition) is 2. The summed E-state index contributed by atoms with van der Waals surface area (Å²) in [4.78, 5) is 39.7. The van der Waals surface area contributed by atoms with Crippen molar-refractivity contribution in [1.82, 2.24) is 10.2 Å². The minimum Gasteiger partial charge on any atom is -0.495 e. The van der Waals surface area contributed by atoms with E-state index in [1.165, 1.54) is 0 Å². The lowest BCUT2D eigenvalue weighted by Gasteiger charge is -2.37. The van der Waals surface area contributed by atoms with E-state index in [0.29, 0.717) is 49.8 Å². The number of rotatable bonds is 5. The molecule has 3 N–H and O–H groups in total. The molecule has 9 heteroatoms. The van der Waals surface area contributed by atoms with Crippen molar-refractivity contribution in [1.29, 1.82) is 0 Å². The van der Waals surface area contributed by atoms with E-state index in [2.05, 4.69) is 10.2 Å². The molecule has 0 aliphatic carbocycles. The Bertz CT molecular complexity index is 788. The van der Waals surface area contributed by atoms with Crippen molar-refractivity contribution in [2.75, 3.05) is 44.7 Å². The monoisotopic (exact) mass is 390 g/mol. The van der Waals surface area contributed by atoms with Gasteiger partial charge in [0, 0.05) is 44.7 Å². The molecule has 1 aromatic carbocycles. The summed E-state index contributed by atoms with van der Waals surface area (Å²) in [6.07, 6.45) is 2.06. The highest BCUT2D eigenvalue weighted by molar-refractivity contribution is 8.18. The van der Waals surface area contributed by atoms with Crippen LogP contribution in [0.15, 0.2) is 23.1 Å². The number of nitrogens with two attached hydrogens (primary N) is 1. The maximum atomic E-state index is 12.0. The molecule has 0 saturated carbocycles. The Balaban J connectivity index is 1.85. The third kappa shape index (κ3) is 4.25. The van der Waals surface area contributed by atoms with Crippen molar-refractivity contribution < 1.29 is 19.1 Å². The summed E-state index contributed by atoms with van der Waals surface area (Å²) in [6.45, 7) is 2.83. The largest absolute Gasteiger partial charge is 0.495 e. The third-order valence-corrected chi connectivity index (χ3v) is 5.30. The van der Waals surface area contributed by atoms with Crippen molar-refractivity contribution in [3.63, 3.8) is 0 Å². The normalized spacial score (nSPS) is 18.8. The Morgan fingerprint density at radius 3 is 2.63 bits per heavy atom. The molecule has 1 aromatic rings. The summed E-state index contributed by atoms with van der Waals surface area (Å²) in [5.41, 5.74) is 7.12. The molecule has 8 nitrogen and oxygen atoms in total. The van der Waals surface area contributed by atoms with Gasteiger partial charge in [-0.25, -0.2) is 0 Å². The molecular weight excluding hydrogens is 368 g/mol. The quantitative estimate of drug-likeness (QED) is 0.723. The Kier molecular flexibility index (Phi) is 6.02. The number of carbonyl (C=O) groups excluding carboxylic acids is 3. The van der Waals surface area contributed by atoms with Crippen LogP contribution in [-0.2, 0) is 9.59 Å². The second-order valence-corrected chi connectivity index (χ2v) is 7.17. The Hall–Kier alpha value is -2.52. The highest BCUT2D eigenvalue weighted by atomic mass is 32.2. The highest BCUT2D eigenvalue weighted by Gasteiger charge is 2.27. The van der Waals surface area contributed by atoms with E-state index >= 15 is 0 Å². The third-order valence-electron chi connectivity index (χ3n) is 4.49. The first-order valence-corrected chi connectivity index (χ1v) is 9.49. The van der Waals surface area contributed by atoms with Crippen LogP contribution < -0.4 is 20.7 Å². The maximum absolute atomic E-state index is 12.0. The van der Waals surface area contributed by atoms with Crippen molar-refractivity contribution in [3.8, 4) is 5.75 Å². The molecule has 2 saturated heterocycles. The fraction of sp³-hybridized carbons (Fsp3) is 0.389. The zero-order chi connectivity index (χ0) is 19.4. The van der Waals surface area contributed by atoms with Gasteiger partial charge in [0.15, 0.2) is 0 Å². The van der Waals surface area contributed by atoms with Gasteiger partial charge in [-0.3, -0.25) is 19.7 Å². The van der Waals surface area contributed by atoms with E-state index in [1.807, 2.05) is 23.1 Å². The van der Waals surface area contributed by atoms with E-state index in [0.717, 1.165) is 23.0 Å². The summed E-state index contributed by atoms with van der Waals surface area (Å²) < 4.78 is 5.52. The average Bonchev–Trinajstić information content (AvgIpc) is 2.98. The zero-order valence-corrected chi connectivity index (χ0v) is 15.9. The van der Waals surface area contributed by atoms with Crippen LogP contribution in [0.25, 0.3) is 6.08 Å². The van der Waals surface area contributed by atoms with Crippen LogP contribution >= 0.6 is 11.8 Å². The number of nitrogens with zero attached hydrogens (tertiary/aromatic N) is 2. The number of methoxy groups -OCH3 is 1. The predicted octanol–water partition coefficient (Wildman–Crippen LogP) is 1.02. The summed E-state index contributed by atoms with van der Waals surface area (Å²) in [5, 5.41) is 1.89. The van der Waals surface area contributed by atoms with Gasteiger partial charge < -0.3 is 20.3 Å². The fourth-order valence-electron chi connectivity index (χ4n) is 3.18. The van der Waals surface area contributed by atoms with Gasteiger partial charge in [-0.2, -0.15) is 0 Å². The van der Waals surface area contributed by atoms with Crippen molar-refractivity contribution in [2.24, 2.45) is 5.73 Å². The van der Waals surface area contributed by atoms with Gasteiger partial charge in [0.25, 0.3) is 11.1 Å². The van der Waals surface area contributed by atoms with E-state index < -0.39 is 5.91 Å². The van der Waals surface area contributed by atoms with Gasteiger partial charge in [-0.15, -0.1) is 0 Å². The van der Waals surface area contributed by atoms with Crippen LogP contribution in [0.1, 0.15) is 12.0 Å². The van der Waals surface area contributed by atoms with Crippen LogP contribution in [-0.4, -0.2) is 61.8 Å². The van der Waals surface area contributed by atoms with E-state index in [4.69, 9.17) is 10.5 Å². The Morgan fingerprint density at radius 1 is 1.30 bits per heavy atom. The van der Waals surface area contributed by atoms with Gasteiger partial charge in [-0.1, -0.05) is 12.1 Å². The van der Waals surface area contributed by atoms with Crippen LogP contribution in [0.5, 0.6) is 5.75 Å². The molecule has 2 heterocycles. The predicted molar refractivity (Wildman–Crippen MR) is 105 cm³/mol. The molecule has 0 bridgehead atoms. The molecular formula is C18H22N4O4S. The molecule has 0 atom stereocenters. The van der Waals surface area contributed by atoms with Gasteiger partial charge >= 0.3 is 0 Å². The number of piperazine rings is 1. The van der Waals surface area contributed by atoms with Gasteiger partial charge in [0.1, 0.15) is 5.75 Å². The standard InChI is InChI=1S/C18H22N4O4S/c1-26-13-4-2-3-12(11-14-17(24)20-18(25)27-14)16(13)22-9-7-21(8-10-22)15(23)5-6-19/h2-4,11H,5-10,19H2,1H3,(H,20,24,25)/b14-11+. The number of nitrogens with one attached hydrogen (secondary N) is 1. The van der Waals surface area contributed by atoms with Crippen molar-refractivity contribution in [2.45, 2.75) is 6.42 Å². The highest BCUT2D eigenvalue weighted by Crippen LogP contribution is 2.36. The molecule has 0 radical (unpaired) electrons. The average molecular weight is 390 g/mol. The second-order valence-electron chi connectivity index (χ2n) is 6.16. The fourth-order valence-corrected chi connectivity index (χ4v) is 3.86. The first-order valence-electron chi connectivity index (χ1n) is 8.68. The van der Waals surface area contributed by atoms with E-state index in [9.17, 15) is 14.4 Å². The van der Waals surface area contributed by atoms with E-state index in [1.54, 1.807) is 13.2 Å². The lowest BCUT2D eigenvalue weighted by molar-refractivity contribution is -0.131. The van der Waals surface area contributed by atoms with Crippen molar-refractivity contribution in [3.05, 3.63) is 28.7 Å². The zero-order valence-electron chi connectivity index (χ0n) is 15.1. The molecule has 2 fully saturated rings. The van der Waals surface area contributed by atoms with Crippen LogP contribution in [0.3, 0.4) is 0 Å². The number of imide groups is 1. The molecule has 2 aliphatic heterocycles. The smallest absolute Gasteiger partial charge is 0.290 e. The number of ether oxygens (including phenoxy) is 1. The maximum Gasteiger partial charge on any atom is 0.290 e. The Labute approximate surface area is 161 Å². The number of hydrogen-bond acceptors (Lipinski definition) is 7. The second kappa shape index (κ2) is 8.45. The Morgan fingerprint density at radius 2 is 2.04 bits per heavy atom. The minimum atomic E-state index is -0.393. The molecule has 0 spiro atoms. The molecule has 144 valence electrons. The number of carbonyl (C=O) groups is 3. The molecule has 27 heavy (non-hydrogen) atoms. The van der Waals surface area contributed by atoms with E-state index in [-0.39, 0.29) is 11.1 Å². The number of anilines is 1. The topological polar surface area (TPSA) is 105 Å². The van der Waals surface area contributed by atoms with Gasteiger partial charge in [0.05, 0.1) is 17.7 Å². The van der Waals surface area contributed by atoms with Gasteiger partial charge in [0.2, 0.25) is 5.91 Å². The van der Waals surface area contributed by atoms with Crippen molar-refractivity contribution >= 4 is 40.6 Å². The number of benzene rings is 1. The van der Waals surface area contributed by atoms with Crippen LogP contribution in [0, 0.1) is 0 Å². The molecule has 0 aromatic heterocycles. The van der Waals surface area contributed by atoms with Crippen LogP contribution in [0.2, 0.25) is 0 Å². The number of thioether (sulfide) groups is 1. The van der Waals surface area contributed by atoms with Crippen LogP contribution in [0.4, 0.5) is 10.5 Å². The SMILES string of the molecule is COc1cccc(/C=C2/SC(=O)NC2=O)c1N1CCN(C(=O)CCN)CC1. The lowest BCUT2D eigenvalue weighted by atomic mass is 10.1. The summed E-state index contributed by atoms with van der Waals surface area (Å²) in [5.74, 6) is 0.355. The summed E-state index contributed by atoms with van der Waals surface area (Å²) >= 11 is 0.885. The van der Waals surface area contributed by atoms with Gasteiger partial charge in [-0.05, 0) is 23.9 Å². The molecule has 0 unspecified atom stereocenters. The first kappa shape index (κ1) is 19.2. The molecule has 3 rings (SSSR count). The summed E-state index contributed by atoms with van der Waals surface area (Å²) in [7, 11) is 1.59.